The maximum absolute atomic E-state index is 12.7. The first-order valence-electron chi connectivity index (χ1n) is 10.1. The Morgan fingerprint density at radius 1 is 1.16 bits per heavy atom. The Labute approximate surface area is 187 Å². The number of thioether (sulfide) groups is 1. The molecular formula is C24H27N3O3S. The molecule has 1 unspecified atom stereocenters. The maximum atomic E-state index is 12.7. The average Bonchev–Trinajstić information content (AvgIpc) is 3.20. The van der Waals surface area contributed by atoms with Crippen LogP contribution in [-0.4, -0.2) is 35.1 Å². The van der Waals surface area contributed by atoms with Crippen LogP contribution in [0.2, 0.25) is 0 Å². The third kappa shape index (κ3) is 6.46. The van der Waals surface area contributed by atoms with Crippen LogP contribution in [0.25, 0.3) is 0 Å². The molecule has 1 N–H and O–H groups in total. The smallest absolute Gasteiger partial charge is 0.310 e. The predicted molar refractivity (Wildman–Crippen MR) is 122 cm³/mol. The van der Waals surface area contributed by atoms with E-state index < -0.39 is 5.92 Å². The zero-order chi connectivity index (χ0) is 22.2. The zero-order valence-corrected chi connectivity index (χ0v) is 18.8. The minimum absolute atomic E-state index is 0.207. The van der Waals surface area contributed by atoms with E-state index in [4.69, 9.17) is 4.74 Å². The number of methoxy groups -OCH3 is 1. The number of aryl methyl sites for hydroxylation is 2. The fraction of sp³-hybridized carbons (Fsp3) is 0.292. The quantitative estimate of drug-likeness (QED) is 0.407. The van der Waals surface area contributed by atoms with E-state index in [1.165, 1.54) is 7.11 Å². The number of hydrogen-bond donors (Lipinski definition) is 1. The lowest BCUT2D eigenvalue weighted by atomic mass is 9.98. The topological polar surface area (TPSA) is 73.2 Å². The molecule has 2 aromatic carbocycles. The molecule has 3 aromatic rings. The molecule has 1 amide bonds. The number of amides is 1. The van der Waals surface area contributed by atoms with Crippen molar-refractivity contribution in [2.45, 2.75) is 24.3 Å². The van der Waals surface area contributed by atoms with Crippen LogP contribution in [0.5, 0.6) is 0 Å². The second-order valence-corrected chi connectivity index (χ2v) is 8.37. The van der Waals surface area contributed by atoms with Crippen molar-refractivity contribution in [1.29, 1.82) is 0 Å². The Hall–Kier alpha value is -3.06. The summed E-state index contributed by atoms with van der Waals surface area (Å²) in [5, 5.41) is 3.81. The highest BCUT2D eigenvalue weighted by atomic mass is 32.2. The number of esters is 1. The summed E-state index contributed by atoms with van der Waals surface area (Å²) < 4.78 is 6.90. The SMILES string of the molecule is COC(=O)C(CNC(=O)c1cccc(CSc2nccn2C)c1)Cc1ccc(C)cc1. The van der Waals surface area contributed by atoms with Gasteiger partial charge in [0, 0.05) is 37.3 Å². The lowest BCUT2D eigenvalue weighted by molar-refractivity contribution is -0.145. The summed E-state index contributed by atoms with van der Waals surface area (Å²) >= 11 is 1.61. The molecule has 7 heteroatoms. The zero-order valence-electron chi connectivity index (χ0n) is 18.0. The van der Waals surface area contributed by atoms with E-state index in [1.54, 1.807) is 24.0 Å². The summed E-state index contributed by atoms with van der Waals surface area (Å²) in [5.41, 5.74) is 3.79. The van der Waals surface area contributed by atoms with Gasteiger partial charge in [-0.15, -0.1) is 0 Å². The van der Waals surface area contributed by atoms with Gasteiger partial charge in [0.05, 0.1) is 13.0 Å². The Balaban J connectivity index is 1.60. The standard InChI is InChI=1S/C24H27N3O3S/c1-17-7-9-18(10-8-17)13-21(23(29)30-3)15-26-22(28)20-6-4-5-19(14-20)16-31-24-25-11-12-27(24)2/h4-12,14,21H,13,15-16H2,1-3H3,(H,26,28). The van der Waals surface area contributed by atoms with E-state index in [0.29, 0.717) is 17.7 Å². The van der Waals surface area contributed by atoms with Crippen molar-refractivity contribution in [1.82, 2.24) is 14.9 Å². The number of nitrogens with one attached hydrogen (secondary N) is 1. The third-order valence-corrected chi connectivity index (χ3v) is 6.11. The number of benzene rings is 2. The van der Waals surface area contributed by atoms with Crippen LogP contribution < -0.4 is 5.32 Å². The van der Waals surface area contributed by atoms with Crippen molar-refractivity contribution >= 4 is 23.6 Å². The van der Waals surface area contributed by atoms with Crippen LogP contribution in [0.1, 0.15) is 27.0 Å². The number of hydrogen-bond acceptors (Lipinski definition) is 5. The molecule has 3 rings (SSSR count). The van der Waals surface area contributed by atoms with Crippen LogP contribution in [-0.2, 0) is 28.8 Å². The second-order valence-electron chi connectivity index (χ2n) is 7.43. The van der Waals surface area contributed by atoms with E-state index in [-0.39, 0.29) is 18.4 Å². The van der Waals surface area contributed by atoms with Gasteiger partial charge in [0.1, 0.15) is 0 Å². The first kappa shape index (κ1) is 22.6. The van der Waals surface area contributed by atoms with Crippen LogP contribution in [0.4, 0.5) is 0 Å². The number of carbonyl (C=O) groups excluding carboxylic acids is 2. The molecule has 162 valence electrons. The van der Waals surface area contributed by atoms with Crippen LogP contribution >= 0.6 is 11.8 Å². The molecule has 0 saturated carbocycles. The number of carbonyl (C=O) groups is 2. The largest absolute Gasteiger partial charge is 0.469 e. The van der Waals surface area contributed by atoms with Gasteiger partial charge in [0.15, 0.2) is 5.16 Å². The number of imidazole rings is 1. The highest BCUT2D eigenvalue weighted by Gasteiger charge is 2.21. The van der Waals surface area contributed by atoms with Crippen LogP contribution in [0, 0.1) is 12.8 Å². The summed E-state index contributed by atoms with van der Waals surface area (Å²) in [6, 6.07) is 15.5. The minimum atomic E-state index is -0.446. The predicted octanol–water partition coefficient (Wildman–Crippen LogP) is 3.78. The van der Waals surface area contributed by atoms with Crippen LogP contribution in [0.3, 0.4) is 0 Å². The van der Waals surface area contributed by atoms with Gasteiger partial charge in [0.25, 0.3) is 5.91 Å². The Bertz CT molecular complexity index is 1030. The summed E-state index contributed by atoms with van der Waals surface area (Å²) in [5.74, 6) is -0.272. The molecule has 0 aliphatic carbocycles. The van der Waals surface area contributed by atoms with Gasteiger partial charge in [-0.3, -0.25) is 9.59 Å². The van der Waals surface area contributed by atoms with E-state index in [9.17, 15) is 9.59 Å². The number of aromatic nitrogens is 2. The van der Waals surface area contributed by atoms with Crippen molar-refractivity contribution < 1.29 is 14.3 Å². The Kier molecular flexibility index (Phi) is 7.89. The Morgan fingerprint density at radius 2 is 1.94 bits per heavy atom. The molecule has 0 saturated heterocycles. The first-order valence-corrected chi connectivity index (χ1v) is 11.1. The molecule has 0 fully saturated rings. The van der Waals surface area contributed by atoms with E-state index in [1.807, 2.05) is 67.2 Å². The molecule has 0 aliphatic rings. The lowest BCUT2D eigenvalue weighted by Crippen LogP contribution is -2.34. The number of nitrogens with zero attached hydrogens (tertiary/aromatic N) is 2. The van der Waals surface area contributed by atoms with Gasteiger partial charge in [-0.1, -0.05) is 53.7 Å². The number of ether oxygens (including phenoxy) is 1. The van der Waals surface area contributed by atoms with E-state index >= 15 is 0 Å². The van der Waals surface area contributed by atoms with Crippen molar-refractivity contribution in [2.75, 3.05) is 13.7 Å². The molecule has 1 aromatic heterocycles. The van der Waals surface area contributed by atoms with Crippen molar-refractivity contribution in [2.24, 2.45) is 13.0 Å². The number of rotatable bonds is 9. The van der Waals surface area contributed by atoms with Crippen LogP contribution in [0.15, 0.2) is 66.1 Å². The maximum Gasteiger partial charge on any atom is 0.310 e. The molecule has 0 spiro atoms. The molecule has 0 bridgehead atoms. The fourth-order valence-electron chi connectivity index (χ4n) is 3.17. The third-order valence-electron chi connectivity index (χ3n) is 4.98. The first-order chi connectivity index (χ1) is 15.0. The van der Waals surface area contributed by atoms with Gasteiger partial charge < -0.3 is 14.6 Å². The molecule has 1 atom stereocenters. The highest BCUT2D eigenvalue weighted by molar-refractivity contribution is 7.98. The summed E-state index contributed by atoms with van der Waals surface area (Å²) in [7, 11) is 3.32. The summed E-state index contributed by atoms with van der Waals surface area (Å²) in [4.78, 5) is 29.2. The second kappa shape index (κ2) is 10.8. The molecular weight excluding hydrogens is 410 g/mol. The summed E-state index contributed by atoms with van der Waals surface area (Å²) in [6.45, 7) is 2.23. The lowest BCUT2D eigenvalue weighted by Gasteiger charge is -2.16. The van der Waals surface area contributed by atoms with Gasteiger partial charge in [-0.05, 0) is 36.6 Å². The van der Waals surface area contributed by atoms with Crippen molar-refractivity contribution in [3.8, 4) is 0 Å². The van der Waals surface area contributed by atoms with Crippen molar-refractivity contribution in [3.63, 3.8) is 0 Å². The van der Waals surface area contributed by atoms with Crippen molar-refractivity contribution in [3.05, 3.63) is 83.2 Å². The minimum Gasteiger partial charge on any atom is -0.469 e. The van der Waals surface area contributed by atoms with Gasteiger partial charge >= 0.3 is 5.97 Å². The molecule has 1 heterocycles. The van der Waals surface area contributed by atoms with E-state index in [0.717, 1.165) is 21.8 Å². The molecule has 0 radical (unpaired) electrons. The summed E-state index contributed by atoms with van der Waals surface area (Å²) in [6.07, 6.45) is 4.18. The Morgan fingerprint density at radius 3 is 2.61 bits per heavy atom. The average molecular weight is 438 g/mol. The highest BCUT2D eigenvalue weighted by Crippen LogP contribution is 2.21. The van der Waals surface area contributed by atoms with Gasteiger partial charge in [-0.25, -0.2) is 4.98 Å². The monoisotopic (exact) mass is 437 g/mol. The van der Waals surface area contributed by atoms with Gasteiger partial charge in [0.2, 0.25) is 0 Å². The molecule has 6 nitrogen and oxygen atoms in total. The fourth-order valence-corrected chi connectivity index (χ4v) is 4.05. The molecule has 0 aliphatic heterocycles. The normalized spacial score (nSPS) is 11.7. The molecule has 31 heavy (non-hydrogen) atoms. The van der Waals surface area contributed by atoms with E-state index in [2.05, 4.69) is 10.3 Å². The van der Waals surface area contributed by atoms with Gasteiger partial charge in [-0.2, -0.15) is 0 Å².